The molecule has 4 rings (SSSR count). The largest absolute Gasteiger partial charge is 0.496 e. The Morgan fingerprint density at radius 1 is 0.420 bits per heavy atom. The van der Waals surface area contributed by atoms with Gasteiger partial charge in [-0.25, -0.2) is 0 Å². The van der Waals surface area contributed by atoms with E-state index < -0.39 is 15.8 Å². The molecule has 50 heavy (non-hydrogen) atoms. The van der Waals surface area contributed by atoms with Crippen molar-refractivity contribution >= 4 is 37.1 Å². The molecular weight excluding hydrogens is 654 g/mol. The summed E-state index contributed by atoms with van der Waals surface area (Å²) in [5.41, 5.74) is 10.4. The van der Waals surface area contributed by atoms with Gasteiger partial charge >= 0.3 is 0 Å². The molecule has 0 aromatic heterocycles. The van der Waals surface area contributed by atoms with Gasteiger partial charge < -0.3 is 18.9 Å². The smallest absolute Gasteiger partial charge is 0.124 e. The second kappa shape index (κ2) is 17.0. The van der Waals surface area contributed by atoms with Crippen LogP contribution in [0.25, 0.3) is 0 Å². The Balaban J connectivity index is 1.98. The molecule has 0 aliphatic heterocycles. The van der Waals surface area contributed by atoms with Gasteiger partial charge in [0.15, 0.2) is 0 Å². The number of methoxy groups -OCH3 is 4. The number of rotatable bonds is 14. The molecule has 2 unspecified atom stereocenters. The van der Waals surface area contributed by atoms with Gasteiger partial charge in [-0.15, -0.1) is 0 Å². The predicted octanol–water partition coefficient (Wildman–Crippen LogP) is 9.95. The molecule has 4 nitrogen and oxygen atoms in total. The van der Waals surface area contributed by atoms with E-state index in [4.69, 9.17) is 18.9 Å². The summed E-state index contributed by atoms with van der Waals surface area (Å²) in [6, 6.07) is 19.2. The van der Waals surface area contributed by atoms with Gasteiger partial charge in [-0.3, -0.25) is 0 Å². The van der Waals surface area contributed by atoms with E-state index in [1.54, 1.807) is 28.4 Å². The molecular formula is C44H60O4P2. The highest BCUT2D eigenvalue weighted by molar-refractivity contribution is 7.74. The highest BCUT2D eigenvalue weighted by atomic mass is 31.1. The molecule has 6 heteroatoms. The second-order valence-electron chi connectivity index (χ2n) is 14.1. The summed E-state index contributed by atoms with van der Waals surface area (Å²) in [5.74, 6) is 4.40. The van der Waals surface area contributed by atoms with Gasteiger partial charge in [0.1, 0.15) is 23.0 Å². The third-order valence-corrected chi connectivity index (χ3v) is 16.0. The van der Waals surface area contributed by atoms with Crippen LogP contribution in [0.5, 0.6) is 23.0 Å². The summed E-state index contributed by atoms with van der Waals surface area (Å²) in [7, 11) is 5.65. The number of hydrogen-bond donors (Lipinski definition) is 0. The molecule has 4 aromatic carbocycles. The van der Waals surface area contributed by atoms with Crippen LogP contribution in [0.1, 0.15) is 78.1 Å². The van der Waals surface area contributed by atoms with E-state index in [2.05, 4.69) is 125 Å². The van der Waals surface area contributed by atoms with E-state index in [1.165, 1.54) is 65.7 Å². The Hall–Kier alpha value is -3.06. The lowest BCUT2D eigenvalue weighted by molar-refractivity contribution is 0.408. The van der Waals surface area contributed by atoms with Crippen LogP contribution in [0.15, 0.2) is 48.5 Å². The van der Waals surface area contributed by atoms with Gasteiger partial charge in [0.05, 0.1) is 28.4 Å². The van der Waals surface area contributed by atoms with Gasteiger partial charge in [0.25, 0.3) is 0 Å². The van der Waals surface area contributed by atoms with Crippen molar-refractivity contribution in [3.05, 3.63) is 93.0 Å². The van der Waals surface area contributed by atoms with Crippen molar-refractivity contribution in [1.82, 2.24) is 0 Å². The SMILES string of the molecule is CCCC(C(C)P(c1cc(C)c(OC)c(C)c1)c1cc(C)c(OC)c(C)c1)C(C)P(c1cc(C)c(OC)c(C)c1)c1cc(C)c(OC)c(C)c1. The molecule has 0 radical (unpaired) electrons. The van der Waals surface area contributed by atoms with Gasteiger partial charge in [0, 0.05) is 0 Å². The van der Waals surface area contributed by atoms with Gasteiger partial charge in [0.2, 0.25) is 0 Å². The number of aryl methyl sites for hydroxylation is 8. The fraction of sp³-hybridized carbons (Fsp3) is 0.455. The first-order chi connectivity index (χ1) is 23.7. The Morgan fingerprint density at radius 2 is 0.620 bits per heavy atom. The molecule has 0 N–H and O–H groups in total. The molecule has 270 valence electrons. The molecule has 4 aromatic rings. The summed E-state index contributed by atoms with van der Waals surface area (Å²) < 4.78 is 23.4. The topological polar surface area (TPSA) is 36.9 Å². The number of ether oxygens (including phenoxy) is 4. The van der Waals surface area contributed by atoms with Crippen LogP contribution in [0.3, 0.4) is 0 Å². The Kier molecular flexibility index (Phi) is 13.5. The lowest BCUT2D eigenvalue weighted by Gasteiger charge is -2.40. The average molecular weight is 715 g/mol. The van der Waals surface area contributed by atoms with Crippen LogP contribution in [0.2, 0.25) is 0 Å². The summed E-state index contributed by atoms with van der Waals surface area (Å²) in [4.78, 5) is 0. The third kappa shape index (κ3) is 8.03. The summed E-state index contributed by atoms with van der Waals surface area (Å²) in [5, 5.41) is 5.66. The summed E-state index contributed by atoms with van der Waals surface area (Å²) in [6.45, 7) is 24.9. The average Bonchev–Trinajstić information content (AvgIpc) is 3.03. The molecule has 0 bridgehead atoms. The van der Waals surface area contributed by atoms with Crippen LogP contribution in [-0.2, 0) is 0 Å². The fourth-order valence-corrected chi connectivity index (χ4v) is 15.2. The van der Waals surface area contributed by atoms with Crippen molar-refractivity contribution in [2.45, 2.75) is 100 Å². The van der Waals surface area contributed by atoms with Crippen LogP contribution in [-0.4, -0.2) is 39.8 Å². The van der Waals surface area contributed by atoms with Gasteiger partial charge in [-0.1, -0.05) is 27.2 Å². The van der Waals surface area contributed by atoms with Crippen LogP contribution in [0, 0.1) is 61.3 Å². The zero-order valence-electron chi connectivity index (χ0n) is 33.3. The Labute approximate surface area is 305 Å². The predicted molar refractivity (Wildman–Crippen MR) is 220 cm³/mol. The maximum Gasteiger partial charge on any atom is 0.124 e. The normalized spacial score (nSPS) is 13.4. The molecule has 0 saturated carbocycles. The van der Waals surface area contributed by atoms with Crippen molar-refractivity contribution < 1.29 is 18.9 Å². The Morgan fingerprint density at radius 3 is 0.780 bits per heavy atom. The summed E-state index contributed by atoms with van der Waals surface area (Å²) >= 11 is 0. The van der Waals surface area contributed by atoms with E-state index in [-0.39, 0.29) is 0 Å². The minimum Gasteiger partial charge on any atom is -0.496 e. The van der Waals surface area contributed by atoms with Crippen molar-refractivity contribution in [2.75, 3.05) is 28.4 Å². The zero-order chi connectivity index (χ0) is 37.0. The minimum atomic E-state index is -0.739. The third-order valence-electron chi connectivity index (χ3n) is 10.4. The molecule has 0 aliphatic rings. The van der Waals surface area contributed by atoms with Crippen molar-refractivity contribution in [2.24, 2.45) is 5.92 Å². The first-order valence-corrected chi connectivity index (χ1v) is 20.7. The van der Waals surface area contributed by atoms with Crippen LogP contribution < -0.4 is 40.2 Å². The van der Waals surface area contributed by atoms with E-state index in [0.717, 1.165) is 35.8 Å². The highest BCUT2D eigenvalue weighted by Gasteiger charge is 2.37. The second-order valence-corrected chi connectivity index (χ2v) is 19.3. The zero-order valence-corrected chi connectivity index (χ0v) is 35.1. The van der Waals surface area contributed by atoms with Gasteiger partial charge in [-0.2, -0.15) is 0 Å². The van der Waals surface area contributed by atoms with E-state index in [1.807, 2.05) is 0 Å². The lowest BCUT2D eigenvalue weighted by Crippen LogP contribution is -2.35. The standard InChI is InChI=1S/C44H60O4P2/c1-16-17-40(34(10)49(36-18-26(2)41(45-12)27(3)19-36)37-20-28(4)42(46-13)29(5)21-37)35(11)50(38-22-30(6)43(47-14)31(7)23-38)39-24-32(8)44(48-15)33(9)25-39/h18-25,34-35,40H,16-17H2,1-15H3. The monoisotopic (exact) mass is 714 g/mol. The Bertz CT molecular complexity index is 1470. The maximum absolute atomic E-state index is 5.85. The highest BCUT2D eigenvalue weighted by Crippen LogP contribution is 2.53. The van der Waals surface area contributed by atoms with Crippen molar-refractivity contribution in [3.8, 4) is 23.0 Å². The lowest BCUT2D eigenvalue weighted by atomic mass is 9.97. The number of benzene rings is 4. The van der Waals surface area contributed by atoms with E-state index >= 15 is 0 Å². The van der Waals surface area contributed by atoms with Crippen molar-refractivity contribution in [3.63, 3.8) is 0 Å². The molecule has 0 heterocycles. The molecule has 0 spiro atoms. The first kappa shape index (κ1) is 39.7. The molecule has 2 atom stereocenters. The van der Waals surface area contributed by atoms with Crippen molar-refractivity contribution in [1.29, 1.82) is 0 Å². The molecule has 0 aliphatic carbocycles. The van der Waals surface area contributed by atoms with Crippen LogP contribution >= 0.6 is 15.8 Å². The van der Waals surface area contributed by atoms with E-state index in [0.29, 0.717) is 17.2 Å². The van der Waals surface area contributed by atoms with Gasteiger partial charge in [-0.05, 0) is 209 Å². The molecule has 0 amide bonds. The number of hydrogen-bond acceptors (Lipinski definition) is 4. The first-order valence-electron chi connectivity index (χ1n) is 17.9. The molecule has 0 saturated heterocycles. The van der Waals surface area contributed by atoms with Crippen LogP contribution in [0.4, 0.5) is 0 Å². The fourth-order valence-electron chi connectivity index (χ4n) is 8.39. The minimum absolute atomic E-state index is 0.408. The quantitative estimate of drug-likeness (QED) is 0.122. The maximum atomic E-state index is 5.85. The van der Waals surface area contributed by atoms with E-state index in [9.17, 15) is 0 Å². The summed E-state index contributed by atoms with van der Waals surface area (Å²) in [6.07, 6.45) is 2.29. The molecule has 0 fully saturated rings.